The van der Waals surface area contributed by atoms with Gasteiger partial charge in [-0.1, -0.05) is 6.08 Å². The van der Waals surface area contributed by atoms with Crippen LogP contribution < -0.4 is 11.1 Å². The summed E-state index contributed by atoms with van der Waals surface area (Å²) in [6, 6.07) is 1.42. The van der Waals surface area contributed by atoms with Crippen LogP contribution in [0.3, 0.4) is 0 Å². The zero-order chi connectivity index (χ0) is 18.4. The Labute approximate surface area is 149 Å². The molecule has 1 aromatic heterocycles. The van der Waals surface area contributed by atoms with E-state index in [2.05, 4.69) is 10.3 Å². The summed E-state index contributed by atoms with van der Waals surface area (Å²) >= 11 is 1.02. The van der Waals surface area contributed by atoms with Crippen LogP contribution in [0.2, 0.25) is 0 Å². The van der Waals surface area contributed by atoms with Crippen LogP contribution in [0, 0.1) is 0 Å². The summed E-state index contributed by atoms with van der Waals surface area (Å²) < 4.78 is 5.23. The van der Waals surface area contributed by atoms with E-state index in [0.717, 1.165) is 11.3 Å². The molecule has 0 aromatic carbocycles. The molecule has 0 saturated carbocycles. The number of carbonyl (C=O) groups excluding carboxylic acids is 3. The first-order valence-electron chi connectivity index (χ1n) is 7.75. The number of nitrogens with two attached hydrogens (primary N) is 1. The first-order valence-corrected chi connectivity index (χ1v) is 8.56. The molecule has 3 N–H and O–H groups in total. The van der Waals surface area contributed by atoms with Crippen molar-refractivity contribution in [2.45, 2.75) is 13.8 Å². The highest BCUT2D eigenvalue weighted by Gasteiger charge is 2.24. The number of rotatable bonds is 5. The van der Waals surface area contributed by atoms with Crippen molar-refractivity contribution in [3.8, 4) is 0 Å². The van der Waals surface area contributed by atoms with Gasteiger partial charge in [0.05, 0.1) is 23.7 Å². The van der Waals surface area contributed by atoms with E-state index in [1.165, 1.54) is 12.3 Å². The Hall–Kier alpha value is -2.52. The molecule has 2 heterocycles. The summed E-state index contributed by atoms with van der Waals surface area (Å²) in [7, 11) is 0. The van der Waals surface area contributed by atoms with Crippen molar-refractivity contribution in [1.29, 1.82) is 0 Å². The van der Waals surface area contributed by atoms with Gasteiger partial charge in [0, 0.05) is 19.3 Å². The van der Waals surface area contributed by atoms with Crippen LogP contribution in [0.5, 0.6) is 0 Å². The second-order valence-corrected chi connectivity index (χ2v) is 6.19. The fourth-order valence-corrected chi connectivity index (χ4v) is 3.29. The Kier molecular flexibility index (Phi) is 6.43. The van der Waals surface area contributed by atoms with Gasteiger partial charge < -0.3 is 20.7 Å². The molecule has 3 amide bonds. The molecule has 1 aliphatic heterocycles. The maximum Gasteiger partial charge on any atom is 0.274 e. The Morgan fingerprint density at radius 2 is 2.00 bits per heavy atom. The number of thiophene rings is 1. The monoisotopic (exact) mass is 364 g/mol. The van der Waals surface area contributed by atoms with Gasteiger partial charge in [0.1, 0.15) is 10.7 Å². The lowest BCUT2D eigenvalue weighted by atomic mass is 10.2. The number of ether oxygens (including phenoxy) is 1. The molecule has 8 nitrogen and oxygen atoms in total. The van der Waals surface area contributed by atoms with E-state index in [1.54, 1.807) is 24.8 Å². The summed E-state index contributed by atoms with van der Waals surface area (Å²) in [4.78, 5) is 42.4. The number of anilines is 1. The van der Waals surface area contributed by atoms with Crippen molar-refractivity contribution in [3.05, 3.63) is 28.3 Å². The summed E-state index contributed by atoms with van der Waals surface area (Å²) in [6.45, 7) is 5.29. The molecule has 1 aromatic rings. The molecule has 1 aliphatic rings. The number of hydrogen-bond acceptors (Lipinski definition) is 6. The fraction of sp³-hybridized carbons (Fsp3) is 0.375. The van der Waals surface area contributed by atoms with E-state index in [1.807, 2.05) is 0 Å². The Bertz CT molecular complexity index is 732. The van der Waals surface area contributed by atoms with Gasteiger partial charge in [-0.05, 0) is 19.9 Å². The molecule has 0 atom stereocenters. The van der Waals surface area contributed by atoms with E-state index < -0.39 is 11.8 Å². The largest absolute Gasteiger partial charge is 0.378 e. The normalized spacial score (nSPS) is 15.4. The van der Waals surface area contributed by atoms with Crippen molar-refractivity contribution < 1.29 is 19.1 Å². The van der Waals surface area contributed by atoms with Crippen molar-refractivity contribution in [1.82, 2.24) is 4.90 Å². The lowest BCUT2D eigenvalue weighted by Crippen LogP contribution is -2.40. The number of carbonyl (C=O) groups is 3. The molecule has 2 rings (SSSR count). The minimum atomic E-state index is -0.714. The lowest BCUT2D eigenvalue weighted by molar-refractivity contribution is -0.112. The molecule has 134 valence electrons. The number of allylic oxidation sites excluding steroid dienone is 1. The van der Waals surface area contributed by atoms with Crippen LogP contribution in [0.15, 0.2) is 22.8 Å². The van der Waals surface area contributed by atoms with E-state index >= 15 is 0 Å². The van der Waals surface area contributed by atoms with Gasteiger partial charge >= 0.3 is 0 Å². The van der Waals surface area contributed by atoms with Crippen LogP contribution in [0.1, 0.15) is 33.9 Å². The lowest BCUT2D eigenvalue weighted by Gasteiger charge is -2.26. The first-order chi connectivity index (χ1) is 12.0. The molecular weight excluding hydrogens is 344 g/mol. The predicted molar refractivity (Wildman–Crippen MR) is 96.1 cm³/mol. The Morgan fingerprint density at radius 3 is 2.56 bits per heavy atom. The van der Waals surface area contributed by atoms with Gasteiger partial charge in [-0.15, -0.1) is 11.3 Å². The maximum atomic E-state index is 12.5. The number of amides is 3. The fourth-order valence-electron chi connectivity index (χ4n) is 2.27. The highest BCUT2D eigenvalue weighted by atomic mass is 32.1. The van der Waals surface area contributed by atoms with Gasteiger partial charge in [0.25, 0.3) is 17.7 Å². The third-order valence-corrected chi connectivity index (χ3v) is 4.55. The molecule has 25 heavy (non-hydrogen) atoms. The summed E-state index contributed by atoms with van der Waals surface area (Å²) in [5, 5.41) is 2.84. The van der Waals surface area contributed by atoms with Crippen LogP contribution >= 0.6 is 11.3 Å². The number of hydrogen-bond donors (Lipinski definition) is 2. The topological polar surface area (TPSA) is 114 Å². The standard InChI is InChI=1S/C16H20N4O4S/c1-3-11(18-4-2)14(22)19-15-10(13(17)21)9-12(25-15)16(23)20-5-7-24-8-6-20/h3-4,9H,5-8H2,1-2H3,(H2,17,21)(H,19,22). The number of primary amides is 1. The average molecular weight is 364 g/mol. The molecule has 0 radical (unpaired) electrons. The number of nitrogens with zero attached hydrogens (tertiary/aromatic N) is 2. The average Bonchev–Trinajstić information content (AvgIpc) is 3.03. The van der Waals surface area contributed by atoms with Gasteiger partial charge in [0.15, 0.2) is 0 Å². The predicted octanol–water partition coefficient (Wildman–Crippen LogP) is 1.25. The Morgan fingerprint density at radius 1 is 1.32 bits per heavy atom. The van der Waals surface area contributed by atoms with Crippen LogP contribution in [0.25, 0.3) is 0 Å². The third-order valence-electron chi connectivity index (χ3n) is 3.51. The van der Waals surface area contributed by atoms with Crippen molar-refractivity contribution in [2.75, 3.05) is 31.6 Å². The minimum absolute atomic E-state index is 0.103. The highest BCUT2D eigenvalue weighted by molar-refractivity contribution is 7.18. The summed E-state index contributed by atoms with van der Waals surface area (Å²) in [6.07, 6.45) is 3.04. The van der Waals surface area contributed by atoms with E-state index in [4.69, 9.17) is 10.5 Å². The number of morpholine rings is 1. The zero-order valence-corrected chi connectivity index (χ0v) is 14.9. The van der Waals surface area contributed by atoms with Crippen LogP contribution in [-0.2, 0) is 9.53 Å². The van der Waals surface area contributed by atoms with Crippen molar-refractivity contribution >= 4 is 40.3 Å². The third kappa shape index (κ3) is 4.52. The van der Waals surface area contributed by atoms with Gasteiger partial charge in [-0.25, -0.2) is 0 Å². The zero-order valence-electron chi connectivity index (χ0n) is 14.1. The Balaban J connectivity index is 2.26. The van der Waals surface area contributed by atoms with E-state index in [0.29, 0.717) is 31.2 Å². The summed E-state index contributed by atoms with van der Waals surface area (Å²) in [5.74, 6) is -1.40. The molecular formula is C16H20N4O4S. The molecule has 0 bridgehead atoms. The quantitative estimate of drug-likeness (QED) is 0.604. The molecule has 1 saturated heterocycles. The van der Waals surface area contributed by atoms with Gasteiger partial charge in [-0.3, -0.25) is 19.4 Å². The first kappa shape index (κ1) is 18.8. The van der Waals surface area contributed by atoms with Gasteiger partial charge in [-0.2, -0.15) is 0 Å². The second-order valence-electron chi connectivity index (χ2n) is 5.14. The maximum absolute atomic E-state index is 12.5. The van der Waals surface area contributed by atoms with Crippen molar-refractivity contribution in [3.63, 3.8) is 0 Å². The molecule has 0 spiro atoms. The van der Waals surface area contributed by atoms with Crippen molar-refractivity contribution in [2.24, 2.45) is 10.7 Å². The molecule has 1 fully saturated rings. The second kappa shape index (κ2) is 8.54. The van der Waals surface area contributed by atoms with E-state index in [-0.39, 0.29) is 22.2 Å². The SMILES string of the molecule is CC=NC(=CC)C(=O)Nc1sc(C(=O)N2CCOCC2)cc1C(N)=O. The smallest absolute Gasteiger partial charge is 0.274 e. The van der Waals surface area contributed by atoms with Crippen LogP contribution in [-0.4, -0.2) is 55.1 Å². The molecule has 9 heteroatoms. The van der Waals surface area contributed by atoms with Gasteiger partial charge in [0.2, 0.25) is 0 Å². The minimum Gasteiger partial charge on any atom is -0.378 e. The van der Waals surface area contributed by atoms with E-state index in [9.17, 15) is 14.4 Å². The molecule has 0 unspecified atom stereocenters. The summed E-state index contributed by atoms with van der Waals surface area (Å²) in [5.41, 5.74) is 5.68. The number of aliphatic imine (C=N–C) groups is 1. The number of nitrogens with one attached hydrogen (secondary N) is 1. The molecule has 0 aliphatic carbocycles. The highest BCUT2D eigenvalue weighted by Crippen LogP contribution is 2.29. The van der Waals surface area contributed by atoms with Crippen LogP contribution in [0.4, 0.5) is 5.00 Å².